The first kappa shape index (κ1) is 14.2. The van der Waals surface area contributed by atoms with E-state index in [9.17, 15) is 9.59 Å². The molecule has 5 nitrogen and oxygen atoms in total. The lowest BCUT2D eigenvalue weighted by atomic mass is 10.1. The first-order chi connectivity index (χ1) is 8.41. The van der Waals surface area contributed by atoms with E-state index in [0.29, 0.717) is 10.0 Å². The number of nitrogens with one attached hydrogen (secondary N) is 2. The standard InChI is InChI=1S/C12H13BrN2O3/c1-7-4-3-5-9(10(7)11(16)17)15-12(18)14-6-8(2)13/h3-5H,2,6H2,1H3,(H,16,17)(H2,14,15,18). The number of hydrogen-bond donors (Lipinski definition) is 3. The highest BCUT2D eigenvalue weighted by molar-refractivity contribution is 9.11. The number of amides is 2. The molecule has 0 fully saturated rings. The fourth-order valence-electron chi connectivity index (χ4n) is 1.40. The fourth-order valence-corrected chi connectivity index (χ4v) is 1.54. The highest BCUT2D eigenvalue weighted by atomic mass is 79.9. The Morgan fingerprint density at radius 3 is 2.67 bits per heavy atom. The van der Waals surface area contributed by atoms with Crippen molar-refractivity contribution in [2.24, 2.45) is 0 Å². The van der Waals surface area contributed by atoms with E-state index < -0.39 is 12.0 Å². The number of carbonyl (C=O) groups is 2. The number of aromatic carboxylic acids is 1. The molecule has 0 aliphatic rings. The Morgan fingerprint density at radius 2 is 2.11 bits per heavy atom. The Hall–Kier alpha value is -1.82. The number of benzene rings is 1. The van der Waals surface area contributed by atoms with Crippen LogP contribution in [0.5, 0.6) is 0 Å². The largest absolute Gasteiger partial charge is 0.478 e. The summed E-state index contributed by atoms with van der Waals surface area (Å²) in [5.41, 5.74) is 0.940. The van der Waals surface area contributed by atoms with Gasteiger partial charge in [-0.2, -0.15) is 0 Å². The number of hydrogen-bond acceptors (Lipinski definition) is 2. The molecule has 0 atom stereocenters. The van der Waals surface area contributed by atoms with Crippen LogP contribution in [-0.2, 0) is 0 Å². The fraction of sp³-hybridized carbons (Fsp3) is 0.167. The molecule has 1 aromatic carbocycles. The van der Waals surface area contributed by atoms with Crippen LogP contribution < -0.4 is 10.6 Å². The summed E-state index contributed by atoms with van der Waals surface area (Å²) in [5, 5.41) is 14.1. The zero-order valence-corrected chi connectivity index (χ0v) is 11.4. The normalized spacial score (nSPS) is 9.67. The maximum atomic E-state index is 11.5. The quantitative estimate of drug-likeness (QED) is 0.800. The van der Waals surface area contributed by atoms with Crippen molar-refractivity contribution in [1.29, 1.82) is 0 Å². The van der Waals surface area contributed by atoms with Gasteiger partial charge in [-0.3, -0.25) is 0 Å². The minimum absolute atomic E-state index is 0.0883. The van der Waals surface area contributed by atoms with Gasteiger partial charge in [0.2, 0.25) is 0 Å². The molecule has 0 radical (unpaired) electrons. The predicted octanol–water partition coefficient (Wildman–Crippen LogP) is 2.72. The van der Waals surface area contributed by atoms with Crippen LogP contribution in [0.25, 0.3) is 0 Å². The molecule has 1 rings (SSSR count). The van der Waals surface area contributed by atoms with Crippen molar-refractivity contribution in [3.8, 4) is 0 Å². The van der Waals surface area contributed by atoms with Gasteiger partial charge in [-0.15, -0.1) is 0 Å². The third kappa shape index (κ3) is 3.89. The van der Waals surface area contributed by atoms with Crippen LogP contribution in [0.3, 0.4) is 0 Å². The van der Waals surface area contributed by atoms with E-state index in [1.807, 2.05) is 0 Å². The Kier molecular flexibility index (Phi) is 4.91. The van der Waals surface area contributed by atoms with Crippen LogP contribution in [0, 0.1) is 6.92 Å². The lowest BCUT2D eigenvalue weighted by Crippen LogP contribution is -2.30. The Balaban J connectivity index is 2.84. The average Bonchev–Trinajstić information content (AvgIpc) is 2.26. The van der Waals surface area contributed by atoms with Gasteiger partial charge in [-0.05, 0) is 18.6 Å². The van der Waals surface area contributed by atoms with Crippen LogP contribution in [-0.4, -0.2) is 23.7 Å². The highest BCUT2D eigenvalue weighted by Gasteiger charge is 2.14. The molecule has 0 saturated heterocycles. The van der Waals surface area contributed by atoms with Gasteiger partial charge in [-0.1, -0.05) is 34.6 Å². The van der Waals surface area contributed by atoms with Crippen LogP contribution in [0.15, 0.2) is 29.3 Å². The predicted molar refractivity (Wildman–Crippen MR) is 73.2 cm³/mol. The van der Waals surface area contributed by atoms with E-state index in [2.05, 4.69) is 33.1 Å². The van der Waals surface area contributed by atoms with Gasteiger partial charge >= 0.3 is 12.0 Å². The maximum absolute atomic E-state index is 11.5. The van der Waals surface area contributed by atoms with Gasteiger partial charge in [0.05, 0.1) is 17.8 Å². The first-order valence-electron chi connectivity index (χ1n) is 5.13. The lowest BCUT2D eigenvalue weighted by Gasteiger charge is -2.11. The molecule has 1 aromatic rings. The number of carboxylic acid groups (broad SMARTS) is 1. The molecule has 18 heavy (non-hydrogen) atoms. The lowest BCUT2D eigenvalue weighted by molar-refractivity contribution is 0.0697. The van der Waals surface area contributed by atoms with Gasteiger partial charge in [0.25, 0.3) is 0 Å². The van der Waals surface area contributed by atoms with Gasteiger partial charge in [0.1, 0.15) is 0 Å². The molecule has 0 saturated carbocycles. The van der Waals surface area contributed by atoms with E-state index in [1.165, 1.54) is 0 Å². The summed E-state index contributed by atoms with van der Waals surface area (Å²) < 4.78 is 0.625. The van der Waals surface area contributed by atoms with E-state index >= 15 is 0 Å². The summed E-state index contributed by atoms with van der Waals surface area (Å²) in [6.45, 7) is 5.51. The van der Waals surface area contributed by atoms with Crippen molar-refractivity contribution < 1.29 is 14.7 Å². The van der Waals surface area contributed by atoms with Gasteiger partial charge in [0.15, 0.2) is 0 Å². The van der Waals surface area contributed by atoms with Gasteiger partial charge in [-0.25, -0.2) is 9.59 Å². The molecule has 0 aromatic heterocycles. The molecular weight excluding hydrogens is 300 g/mol. The monoisotopic (exact) mass is 312 g/mol. The summed E-state index contributed by atoms with van der Waals surface area (Å²) >= 11 is 3.11. The van der Waals surface area contributed by atoms with E-state index in [1.54, 1.807) is 25.1 Å². The summed E-state index contributed by atoms with van der Waals surface area (Å²) in [6, 6.07) is 4.41. The minimum atomic E-state index is -1.08. The Morgan fingerprint density at radius 1 is 1.44 bits per heavy atom. The molecular formula is C12H13BrN2O3. The van der Waals surface area contributed by atoms with Crippen LogP contribution in [0.2, 0.25) is 0 Å². The third-order valence-corrected chi connectivity index (χ3v) is 2.46. The molecule has 0 heterocycles. The van der Waals surface area contributed by atoms with Crippen LogP contribution in [0.4, 0.5) is 10.5 Å². The van der Waals surface area contributed by atoms with Gasteiger partial charge < -0.3 is 15.7 Å². The number of urea groups is 1. The second kappa shape index (κ2) is 6.20. The zero-order valence-electron chi connectivity index (χ0n) is 9.79. The molecule has 0 aliphatic heterocycles. The molecule has 2 amide bonds. The highest BCUT2D eigenvalue weighted by Crippen LogP contribution is 2.19. The Labute approximate surface area is 113 Å². The number of anilines is 1. The molecule has 0 unspecified atom stereocenters. The molecule has 96 valence electrons. The molecule has 0 aliphatic carbocycles. The summed E-state index contributed by atoms with van der Waals surface area (Å²) in [4.78, 5) is 22.6. The van der Waals surface area contributed by atoms with Crippen LogP contribution >= 0.6 is 15.9 Å². The summed E-state index contributed by atoms with van der Waals surface area (Å²) in [7, 11) is 0. The summed E-state index contributed by atoms with van der Waals surface area (Å²) in [6.07, 6.45) is 0. The smallest absolute Gasteiger partial charge is 0.338 e. The number of halogens is 1. The van der Waals surface area contributed by atoms with E-state index in [0.717, 1.165) is 0 Å². The molecule has 0 spiro atoms. The first-order valence-corrected chi connectivity index (χ1v) is 5.92. The van der Waals surface area contributed by atoms with Crippen molar-refractivity contribution >= 4 is 33.6 Å². The number of rotatable bonds is 4. The second-order valence-electron chi connectivity index (χ2n) is 3.63. The zero-order chi connectivity index (χ0) is 13.7. The second-order valence-corrected chi connectivity index (χ2v) is 4.75. The van der Waals surface area contributed by atoms with E-state index in [4.69, 9.17) is 5.11 Å². The Bertz CT molecular complexity index is 500. The summed E-state index contributed by atoms with van der Waals surface area (Å²) in [5.74, 6) is -1.08. The maximum Gasteiger partial charge on any atom is 0.338 e. The van der Waals surface area contributed by atoms with Crippen molar-refractivity contribution in [1.82, 2.24) is 5.32 Å². The number of carbonyl (C=O) groups excluding carboxylic acids is 1. The topological polar surface area (TPSA) is 78.4 Å². The van der Waals surface area contributed by atoms with Crippen molar-refractivity contribution in [2.75, 3.05) is 11.9 Å². The van der Waals surface area contributed by atoms with Crippen molar-refractivity contribution in [2.45, 2.75) is 6.92 Å². The van der Waals surface area contributed by atoms with Crippen molar-refractivity contribution in [3.05, 3.63) is 40.4 Å². The molecule has 0 bridgehead atoms. The number of aryl methyl sites for hydroxylation is 1. The number of carboxylic acids is 1. The van der Waals surface area contributed by atoms with Gasteiger partial charge in [0, 0.05) is 4.48 Å². The third-order valence-electron chi connectivity index (χ3n) is 2.18. The van der Waals surface area contributed by atoms with E-state index in [-0.39, 0.29) is 17.8 Å². The van der Waals surface area contributed by atoms with Crippen molar-refractivity contribution in [3.63, 3.8) is 0 Å². The SMILES string of the molecule is C=C(Br)CNC(=O)Nc1cccc(C)c1C(=O)O. The molecule has 3 N–H and O–H groups in total. The van der Waals surface area contributed by atoms with Crippen LogP contribution in [0.1, 0.15) is 15.9 Å². The minimum Gasteiger partial charge on any atom is -0.478 e. The molecule has 6 heteroatoms. The average molecular weight is 313 g/mol.